The van der Waals surface area contributed by atoms with Gasteiger partial charge in [0, 0.05) is 43.0 Å². The van der Waals surface area contributed by atoms with Gasteiger partial charge in [-0.15, -0.1) is 0 Å². The van der Waals surface area contributed by atoms with Gasteiger partial charge in [0.25, 0.3) is 5.91 Å². The summed E-state index contributed by atoms with van der Waals surface area (Å²) >= 11 is 0. The van der Waals surface area contributed by atoms with Crippen LogP contribution in [-0.2, 0) is 25.6 Å². The SMILES string of the molecule is Cc1cc(C(=O)N2CC(=O)N[C@H](Cc3c[nH]c4ccccc34)C(=O)N3C[C@H](O)C[C@H]3C(=O)N[C@@H](C)C(=O)N[C@H](c3ccccc3)C2)c(C)o1. The van der Waals surface area contributed by atoms with Crippen LogP contribution < -0.4 is 16.0 Å². The van der Waals surface area contributed by atoms with E-state index < -0.39 is 66.4 Å². The molecule has 2 fully saturated rings. The number of aromatic nitrogens is 1. The zero-order valence-corrected chi connectivity index (χ0v) is 27.6. The lowest BCUT2D eigenvalue weighted by Gasteiger charge is -2.30. The molecule has 2 aromatic heterocycles. The van der Waals surface area contributed by atoms with Gasteiger partial charge < -0.3 is 40.3 Å². The molecule has 0 spiro atoms. The molecule has 4 aromatic rings. The number of para-hydroxylation sites is 1. The standard InChI is InChI=1S/C36H40N6O7/c1-20-13-27(22(3)49-20)35(47)41-18-30(23-9-5-4-6-10-23)40-33(45)21(2)38-34(46)31-15-25(43)17-42(31)36(48)29(39-32(44)19-41)14-24-16-37-28-12-8-7-11-26(24)28/h4-13,16,21,25,29-31,37,43H,14-15,17-19H2,1-3H3,(H,38,46)(H,39,44)(H,40,45)/t21-,25+,29+,30-,31-/m0/s1. The van der Waals surface area contributed by atoms with Gasteiger partial charge in [0.05, 0.1) is 24.3 Å². The van der Waals surface area contributed by atoms with Crippen LogP contribution in [0, 0.1) is 13.8 Å². The minimum atomic E-state index is -1.14. The number of hydrogen-bond acceptors (Lipinski definition) is 7. The van der Waals surface area contributed by atoms with Crippen LogP contribution >= 0.6 is 0 Å². The Hall–Kier alpha value is -5.43. The fourth-order valence-electron chi connectivity index (χ4n) is 6.68. The molecule has 0 radical (unpaired) electrons. The summed E-state index contributed by atoms with van der Waals surface area (Å²) in [4.78, 5) is 75.2. The number of H-pyrrole nitrogens is 1. The Balaban J connectivity index is 1.40. The maximum atomic E-state index is 14.3. The van der Waals surface area contributed by atoms with Crippen molar-refractivity contribution >= 4 is 40.4 Å². The van der Waals surface area contributed by atoms with E-state index >= 15 is 0 Å². The molecule has 4 heterocycles. The highest BCUT2D eigenvalue weighted by Crippen LogP contribution is 2.25. The van der Waals surface area contributed by atoms with Crippen LogP contribution in [0.15, 0.2) is 71.3 Å². The lowest BCUT2D eigenvalue weighted by molar-refractivity contribution is -0.142. The highest BCUT2D eigenvalue weighted by Gasteiger charge is 2.43. The molecule has 5 N–H and O–H groups in total. The van der Waals surface area contributed by atoms with Gasteiger partial charge in [0.1, 0.15) is 29.6 Å². The maximum Gasteiger partial charge on any atom is 0.257 e. The number of furan rings is 1. The van der Waals surface area contributed by atoms with Gasteiger partial charge in [-0.2, -0.15) is 0 Å². The second-order valence-corrected chi connectivity index (χ2v) is 12.8. The smallest absolute Gasteiger partial charge is 0.257 e. The van der Waals surface area contributed by atoms with Crippen LogP contribution in [0.1, 0.15) is 52.4 Å². The molecule has 2 saturated heterocycles. The number of aliphatic hydroxyl groups excluding tert-OH is 1. The van der Waals surface area contributed by atoms with Gasteiger partial charge in [0.2, 0.25) is 23.6 Å². The number of hydrogen-bond donors (Lipinski definition) is 5. The first-order valence-corrected chi connectivity index (χ1v) is 16.3. The van der Waals surface area contributed by atoms with E-state index in [0.29, 0.717) is 17.1 Å². The van der Waals surface area contributed by atoms with E-state index in [-0.39, 0.29) is 31.5 Å². The number of benzene rings is 2. The number of aromatic amines is 1. The first kappa shape index (κ1) is 33.5. The number of aryl methyl sites for hydroxylation is 2. The van der Waals surface area contributed by atoms with Crippen LogP contribution in [0.25, 0.3) is 10.9 Å². The molecule has 0 unspecified atom stereocenters. The predicted molar refractivity (Wildman–Crippen MR) is 179 cm³/mol. The van der Waals surface area contributed by atoms with Gasteiger partial charge in [-0.1, -0.05) is 48.5 Å². The molecule has 0 bridgehead atoms. The van der Waals surface area contributed by atoms with Crippen molar-refractivity contribution in [1.82, 2.24) is 30.7 Å². The van der Waals surface area contributed by atoms with Gasteiger partial charge in [0.15, 0.2) is 0 Å². The second kappa shape index (κ2) is 14.0. The van der Waals surface area contributed by atoms with Crippen molar-refractivity contribution < 1.29 is 33.5 Å². The number of rotatable bonds is 4. The molecule has 49 heavy (non-hydrogen) atoms. The van der Waals surface area contributed by atoms with Crippen molar-refractivity contribution in [2.45, 2.75) is 63.9 Å². The quantitative estimate of drug-likeness (QED) is 0.221. The van der Waals surface area contributed by atoms with Crippen LogP contribution in [0.2, 0.25) is 0 Å². The normalized spacial score (nSPS) is 24.1. The van der Waals surface area contributed by atoms with Crippen molar-refractivity contribution in [3.63, 3.8) is 0 Å². The number of carbonyl (C=O) groups excluding carboxylic acids is 5. The van der Waals surface area contributed by atoms with Gasteiger partial charge in [-0.05, 0) is 44.0 Å². The van der Waals surface area contributed by atoms with Gasteiger partial charge in [-0.3, -0.25) is 24.0 Å². The molecule has 2 aliphatic rings. The average Bonchev–Trinajstić information content (AvgIpc) is 3.78. The average molecular weight is 669 g/mol. The van der Waals surface area contributed by atoms with E-state index in [1.165, 1.54) is 16.7 Å². The molecule has 0 saturated carbocycles. The summed E-state index contributed by atoms with van der Waals surface area (Å²) in [6.45, 7) is 4.22. The number of nitrogens with one attached hydrogen (secondary N) is 4. The summed E-state index contributed by atoms with van der Waals surface area (Å²) in [5, 5.41) is 20.0. The first-order chi connectivity index (χ1) is 23.5. The summed E-state index contributed by atoms with van der Waals surface area (Å²) in [7, 11) is 0. The minimum Gasteiger partial charge on any atom is -0.466 e. The number of amides is 5. The first-order valence-electron chi connectivity index (χ1n) is 16.3. The monoisotopic (exact) mass is 668 g/mol. The fraction of sp³-hybridized carbons (Fsp3) is 0.361. The summed E-state index contributed by atoms with van der Waals surface area (Å²) in [5.74, 6) is -1.91. The van der Waals surface area contributed by atoms with E-state index in [1.807, 2.05) is 30.3 Å². The maximum absolute atomic E-state index is 14.3. The molecule has 0 aliphatic carbocycles. The predicted octanol–water partition coefficient (Wildman–Crippen LogP) is 1.89. The summed E-state index contributed by atoms with van der Waals surface area (Å²) in [6, 6.07) is 14.2. The third-order valence-electron chi connectivity index (χ3n) is 9.16. The number of fused-ring (bicyclic) bond motifs is 2. The molecule has 6 rings (SSSR count). The van der Waals surface area contributed by atoms with E-state index in [1.54, 1.807) is 50.4 Å². The lowest BCUT2D eigenvalue weighted by Crippen LogP contribution is -2.56. The number of aliphatic hydroxyl groups is 1. The highest BCUT2D eigenvalue weighted by atomic mass is 16.3. The van der Waals surface area contributed by atoms with Crippen molar-refractivity contribution in [2.24, 2.45) is 0 Å². The van der Waals surface area contributed by atoms with Crippen LogP contribution in [0.3, 0.4) is 0 Å². The summed E-state index contributed by atoms with van der Waals surface area (Å²) in [5.41, 5.74) is 2.55. The zero-order valence-electron chi connectivity index (χ0n) is 27.6. The van der Waals surface area contributed by atoms with E-state index in [0.717, 1.165) is 16.5 Å². The number of carbonyl (C=O) groups is 5. The summed E-state index contributed by atoms with van der Waals surface area (Å²) in [6.07, 6.45) is 0.834. The van der Waals surface area contributed by atoms with Crippen LogP contribution in [0.4, 0.5) is 0 Å². The number of nitrogens with zero attached hydrogens (tertiary/aromatic N) is 2. The molecule has 13 nitrogen and oxygen atoms in total. The van der Waals surface area contributed by atoms with Crippen LogP contribution in [0.5, 0.6) is 0 Å². The molecular formula is C36H40N6O7. The Bertz CT molecular complexity index is 1880. The van der Waals surface area contributed by atoms with Gasteiger partial charge in [-0.25, -0.2) is 0 Å². The Morgan fingerprint density at radius 2 is 1.67 bits per heavy atom. The lowest BCUT2D eigenvalue weighted by atomic mass is 10.0. The second-order valence-electron chi connectivity index (χ2n) is 12.8. The van der Waals surface area contributed by atoms with Crippen molar-refractivity contribution in [3.8, 4) is 0 Å². The van der Waals surface area contributed by atoms with Gasteiger partial charge >= 0.3 is 0 Å². The van der Waals surface area contributed by atoms with Crippen molar-refractivity contribution in [3.05, 3.63) is 95.1 Å². The molecule has 2 aliphatic heterocycles. The van der Waals surface area contributed by atoms with Crippen LogP contribution in [-0.4, -0.2) is 93.3 Å². The molecule has 2 aromatic carbocycles. The van der Waals surface area contributed by atoms with E-state index in [2.05, 4.69) is 20.9 Å². The van der Waals surface area contributed by atoms with Crippen molar-refractivity contribution in [2.75, 3.05) is 19.6 Å². The zero-order chi connectivity index (χ0) is 34.8. The van der Waals surface area contributed by atoms with E-state index in [4.69, 9.17) is 4.42 Å². The Labute approximate surface area is 283 Å². The van der Waals surface area contributed by atoms with E-state index in [9.17, 15) is 29.1 Å². The molecular weight excluding hydrogens is 628 g/mol. The molecule has 5 amide bonds. The Morgan fingerprint density at radius 3 is 2.41 bits per heavy atom. The molecule has 13 heteroatoms. The third-order valence-corrected chi connectivity index (χ3v) is 9.16. The molecule has 256 valence electrons. The largest absolute Gasteiger partial charge is 0.466 e. The highest BCUT2D eigenvalue weighted by molar-refractivity contribution is 5.99. The topological polar surface area (TPSA) is 177 Å². The minimum absolute atomic E-state index is 0.0297. The third kappa shape index (κ3) is 7.21. The van der Waals surface area contributed by atoms with Crippen molar-refractivity contribution in [1.29, 1.82) is 0 Å². The Morgan fingerprint density at radius 1 is 0.939 bits per heavy atom. The Kier molecular flexibility index (Phi) is 9.54. The summed E-state index contributed by atoms with van der Waals surface area (Å²) < 4.78 is 5.63. The fourth-order valence-corrected chi connectivity index (χ4v) is 6.68. The molecule has 5 atom stereocenters.